The first-order valence-electron chi connectivity index (χ1n) is 10.8. The average Bonchev–Trinajstić information content (AvgIpc) is 3.24. The summed E-state index contributed by atoms with van der Waals surface area (Å²) in [6.07, 6.45) is 3.11. The Morgan fingerprint density at radius 1 is 1.23 bits per heavy atom. The largest absolute Gasteiger partial charge is 0.379 e. The van der Waals surface area contributed by atoms with Crippen molar-refractivity contribution in [2.75, 3.05) is 39.1 Å². The summed E-state index contributed by atoms with van der Waals surface area (Å²) in [5.41, 5.74) is 1.34. The number of amides is 2. The van der Waals surface area contributed by atoms with Gasteiger partial charge >= 0.3 is 0 Å². The van der Waals surface area contributed by atoms with Crippen LogP contribution in [0.25, 0.3) is 0 Å². The van der Waals surface area contributed by atoms with Crippen LogP contribution in [0.1, 0.15) is 36.3 Å². The highest BCUT2D eigenvalue weighted by atomic mass is 32.2. The fourth-order valence-electron chi connectivity index (χ4n) is 5.07. The van der Waals surface area contributed by atoms with Crippen molar-refractivity contribution in [2.24, 2.45) is 11.8 Å². The molecule has 2 amide bonds. The number of aromatic nitrogens is 1. The lowest BCUT2D eigenvalue weighted by molar-refractivity contribution is -0.129. The fourth-order valence-corrected chi connectivity index (χ4v) is 6.24. The lowest BCUT2D eigenvalue weighted by Crippen LogP contribution is -2.44. The number of carbonyl (C=O) groups is 2. The fraction of sp³-hybridized carbons (Fsp3) is 0.667. The molecule has 0 radical (unpaired) electrons. The van der Waals surface area contributed by atoms with Gasteiger partial charge in [0.1, 0.15) is 0 Å². The second-order valence-electron chi connectivity index (χ2n) is 8.94. The highest BCUT2D eigenvalue weighted by molar-refractivity contribution is 7.88. The summed E-state index contributed by atoms with van der Waals surface area (Å²) < 4.78 is 30.9. The molecule has 9 nitrogen and oxygen atoms in total. The Labute approximate surface area is 183 Å². The van der Waals surface area contributed by atoms with Gasteiger partial charge in [-0.15, -0.1) is 0 Å². The van der Waals surface area contributed by atoms with E-state index in [1.54, 1.807) is 17.2 Å². The minimum absolute atomic E-state index is 0.0748. The Kier molecular flexibility index (Phi) is 6.06. The standard InChI is InChI=1S/C21H30N4O5S/c1-14(2)18-19-17(25(21(18)27)31(3,28)29)6-7-24(19)20(26)15-4-5-16(22-12-15)13-23-8-10-30-11-9-23/h4-5,12,14,17-19H,6-11,13H2,1-3H3/t17-,18+,19-/m0/s1. The van der Waals surface area contributed by atoms with Crippen molar-refractivity contribution in [2.45, 2.75) is 38.9 Å². The first-order chi connectivity index (χ1) is 14.7. The second kappa shape index (κ2) is 8.48. The molecular weight excluding hydrogens is 420 g/mol. The number of ether oxygens (including phenoxy) is 1. The number of hydrogen-bond donors (Lipinski definition) is 0. The third-order valence-electron chi connectivity index (χ3n) is 6.49. The van der Waals surface area contributed by atoms with Crippen LogP contribution in [-0.4, -0.2) is 90.5 Å². The van der Waals surface area contributed by atoms with Crippen molar-refractivity contribution < 1.29 is 22.7 Å². The summed E-state index contributed by atoms with van der Waals surface area (Å²) in [7, 11) is -3.69. The van der Waals surface area contributed by atoms with Crippen LogP contribution in [0.3, 0.4) is 0 Å². The molecule has 0 aromatic carbocycles. The number of morpholine rings is 1. The van der Waals surface area contributed by atoms with Crippen LogP contribution in [0.2, 0.25) is 0 Å². The van der Waals surface area contributed by atoms with Crippen molar-refractivity contribution >= 4 is 21.8 Å². The van der Waals surface area contributed by atoms with E-state index in [-0.39, 0.29) is 11.8 Å². The van der Waals surface area contributed by atoms with Crippen LogP contribution in [0.15, 0.2) is 18.3 Å². The molecule has 1 aromatic rings. The van der Waals surface area contributed by atoms with E-state index in [0.717, 1.165) is 29.3 Å². The molecule has 170 valence electrons. The molecule has 3 fully saturated rings. The number of fused-ring (bicyclic) bond motifs is 1. The molecule has 10 heteroatoms. The lowest BCUT2D eigenvalue weighted by atomic mass is 9.88. The molecule has 4 heterocycles. The molecule has 0 spiro atoms. The summed E-state index contributed by atoms with van der Waals surface area (Å²) in [4.78, 5) is 34.6. The van der Waals surface area contributed by atoms with Gasteiger partial charge in [-0.3, -0.25) is 19.5 Å². The summed E-state index contributed by atoms with van der Waals surface area (Å²) in [5.74, 6) is -1.20. The smallest absolute Gasteiger partial charge is 0.255 e. The molecule has 0 saturated carbocycles. The van der Waals surface area contributed by atoms with Gasteiger partial charge in [-0.25, -0.2) is 12.7 Å². The minimum Gasteiger partial charge on any atom is -0.379 e. The van der Waals surface area contributed by atoms with Crippen molar-refractivity contribution in [1.29, 1.82) is 0 Å². The molecule has 3 atom stereocenters. The number of likely N-dealkylation sites (tertiary alicyclic amines) is 1. The van der Waals surface area contributed by atoms with Crippen molar-refractivity contribution in [3.63, 3.8) is 0 Å². The van der Waals surface area contributed by atoms with Gasteiger partial charge < -0.3 is 9.64 Å². The monoisotopic (exact) mass is 450 g/mol. The maximum absolute atomic E-state index is 13.3. The molecule has 0 N–H and O–H groups in total. The minimum atomic E-state index is -3.69. The van der Waals surface area contributed by atoms with Gasteiger partial charge in [-0.2, -0.15) is 0 Å². The molecular formula is C21H30N4O5S. The average molecular weight is 451 g/mol. The summed E-state index contributed by atoms with van der Waals surface area (Å²) in [6, 6.07) is 2.70. The predicted molar refractivity (Wildman–Crippen MR) is 114 cm³/mol. The van der Waals surface area contributed by atoms with E-state index in [0.29, 0.717) is 38.3 Å². The molecule has 31 heavy (non-hydrogen) atoms. The van der Waals surface area contributed by atoms with Gasteiger partial charge in [-0.1, -0.05) is 13.8 Å². The molecule has 0 aliphatic carbocycles. The third-order valence-corrected chi connectivity index (χ3v) is 7.65. The van der Waals surface area contributed by atoms with Gasteiger partial charge in [0.25, 0.3) is 5.91 Å². The topological polar surface area (TPSA) is 100 Å². The van der Waals surface area contributed by atoms with Crippen LogP contribution < -0.4 is 0 Å². The molecule has 1 aromatic heterocycles. The Hall–Kier alpha value is -2.04. The maximum atomic E-state index is 13.3. The van der Waals surface area contributed by atoms with Gasteiger partial charge in [0.05, 0.1) is 48.7 Å². The van der Waals surface area contributed by atoms with Gasteiger partial charge in [0.15, 0.2) is 0 Å². The van der Waals surface area contributed by atoms with E-state index in [4.69, 9.17) is 4.74 Å². The van der Waals surface area contributed by atoms with Crippen molar-refractivity contribution in [3.05, 3.63) is 29.6 Å². The summed E-state index contributed by atoms with van der Waals surface area (Å²) >= 11 is 0. The maximum Gasteiger partial charge on any atom is 0.255 e. The van der Waals surface area contributed by atoms with E-state index >= 15 is 0 Å². The van der Waals surface area contributed by atoms with E-state index in [1.807, 2.05) is 19.9 Å². The number of sulfonamides is 1. The normalized spacial score (nSPS) is 27.2. The highest BCUT2D eigenvalue weighted by Gasteiger charge is 2.58. The summed E-state index contributed by atoms with van der Waals surface area (Å²) in [6.45, 7) is 8.08. The van der Waals surface area contributed by atoms with Crippen LogP contribution in [0.4, 0.5) is 0 Å². The van der Waals surface area contributed by atoms with Crippen LogP contribution >= 0.6 is 0 Å². The first kappa shape index (κ1) is 22.2. The van der Waals surface area contributed by atoms with Gasteiger partial charge in [0, 0.05) is 32.4 Å². The molecule has 3 aliphatic heterocycles. The van der Waals surface area contributed by atoms with E-state index in [9.17, 15) is 18.0 Å². The molecule has 4 rings (SSSR count). The van der Waals surface area contributed by atoms with Crippen LogP contribution in [0.5, 0.6) is 0 Å². The number of carbonyl (C=O) groups excluding carboxylic acids is 2. The molecule has 3 aliphatic rings. The SMILES string of the molecule is CC(C)[C@H]1C(=O)N(S(C)(=O)=O)[C@H]2CCN(C(=O)c3ccc(CN4CCOCC4)nc3)[C@H]12. The van der Waals surface area contributed by atoms with Crippen LogP contribution in [-0.2, 0) is 26.1 Å². The predicted octanol–water partition coefficient (Wildman–Crippen LogP) is 0.571. The van der Waals surface area contributed by atoms with E-state index in [2.05, 4.69) is 9.88 Å². The zero-order valence-electron chi connectivity index (χ0n) is 18.2. The Balaban J connectivity index is 1.53. The number of pyridine rings is 1. The lowest BCUT2D eigenvalue weighted by Gasteiger charge is -2.29. The Morgan fingerprint density at radius 2 is 1.94 bits per heavy atom. The molecule has 3 saturated heterocycles. The first-order valence-corrected chi connectivity index (χ1v) is 12.6. The second-order valence-corrected chi connectivity index (χ2v) is 10.8. The number of rotatable bonds is 5. The zero-order chi connectivity index (χ0) is 22.3. The number of hydrogen-bond acceptors (Lipinski definition) is 7. The number of nitrogens with zero attached hydrogens (tertiary/aromatic N) is 4. The third kappa shape index (κ3) is 4.20. The summed E-state index contributed by atoms with van der Waals surface area (Å²) in [5, 5.41) is 0. The molecule has 0 bridgehead atoms. The Morgan fingerprint density at radius 3 is 2.52 bits per heavy atom. The quantitative estimate of drug-likeness (QED) is 0.647. The van der Waals surface area contributed by atoms with Gasteiger partial charge in [-0.05, 0) is 24.5 Å². The van der Waals surface area contributed by atoms with E-state index < -0.39 is 33.9 Å². The van der Waals surface area contributed by atoms with Gasteiger partial charge in [0.2, 0.25) is 15.9 Å². The van der Waals surface area contributed by atoms with Crippen molar-refractivity contribution in [3.8, 4) is 0 Å². The highest BCUT2D eigenvalue weighted by Crippen LogP contribution is 2.41. The van der Waals surface area contributed by atoms with E-state index in [1.165, 1.54) is 0 Å². The Bertz CT molecular complexity index is 943. The zero-order valence-corrected chi connectivity index (χ0v) is 19.0. The molecule has 0 unspecified atom stereocenters. The van der Waals surface area contributed by atoms with Crippen molar-refractivity contribution in [1.82, 2.24) is 19.1 Å². The van der Waals surface area contributed by atoms with Crippen LogP contribution in [0, 0.1) is 11.8 Å².